The average molecular weight is 228 g/mol. The molecule has 0 saturated carbocycles. The maximum atomic E-state index is 10.3. The third-order valence-electron chi connectivity index (χ3n) is 2.86. The minimum atomic E-state index is 0.596. The summed E-state index contributed by atoms with van der Waals surface area (Å²) < 4.78 is 2.03. The number of aldehydes is 1. The number of rotatable bonds is 5. The molecule has 0 radical (unpaired) electrons. The van der Waals surface area contributed by atoms with E-state index in [1.807, 2.05) is 24.0 Å². The van der Waals surface area contributed by atoms with E-state index in [9.17, 15) is 4.79 Å². The van der Waals surface area contributed by atoms with Crippen molar-refractivity contribution in [1.29, 1.82) is 0 Å². The Morgan fingerprint density at radius 3 is 2.53 bits per heavy atom. The molecule has 0 aliphatic rings. The number of nitrogens with zero attached hydrogens (tertiary/aromatic N) is 2. The highest BCUT2D eigenvalue weighted by Gasteiger charge is 2.01. The normalized spacial score (nSPS) is 10.4. The Morgan fingerprint density at radius 1 is 1.24 bits per heavy atom. The van der Waals surface area contributed by atoms with Gasteiger partial charge in [-0.05, 0) is 17.5 Å². The lowest BCUT2D eigenvalue weighted by Gasteiger charge is -2.03. The monoisotopic (exact) mass is 228 g/mol. The van der Waals surface area contributed by atoms with Crippen molar-refractivity contribution in [2.45, 2.75) is 19.3 Å². The van der Waals surface area contributed by atoms with Crippen LogP contribution >= 0.6 is 0 Å². The molecule has 0 unspecified atom stereocenters. The molecule has 0 amide bonds. The SMILES string of the molecule is Cn1ccnc1Cc1ccc(CCC=O)cc1. The average Bonchev–Trinajstić information content (AvgIpc) is 2.74. The van der Waals surface area contributed by atoms with Crippen LogP contribution in [-0.4, -0.2) is 15.8 Å². The lowest BCUT2D eigenvalue weighted by atomic mass is 10.1. The maximum absolute atomic E-state index is 10.3. The molecular formula is C14H16N2O. The predicted molar refractivity (Wildman–Crippen MR) is 66.8 cm³/mol. The molecule has 1 heterocycles. The molecule has 0 aliphatic carbocycles. The molecule has 0 bridgehead atoms. The van der Waals surface area contributed by atoms with Crippen LogP contribution in [0.25, 0.3) is 0 Å². The zero-order valence-electron chi connectivity index (χ0n) is 9.97. The Balaban J connectivity index is 2.03. The predicted octanol–water partition coefficient (Wildman–Crippen LogP) is 2.14. The van der Waals surface area contributed by atoms with Crippen LogP contribution < -0.4 is 0 Å². The Morgan fingerprint density at radius 2 is 1.94 bits per heavy atom. The van der Waals surface area contributed by atoms with E-state index in [0.29, 0.717) is 6.42 Å². The number of carbonyl (C=O) groups is 1. The summed E-state index contributed by atoms with van der Waals surface area (Å²) in [7, 11) is 2.00. The van der Waals surface area contributed by atoms with Gasteiger partial charge in [-0.2, -0.15) is 0 Å². The standard InChI is InChI=1S/C14H16N2O/c1-16-9-8-15-14(16)11-13-6-4-12(5-7-13)3-2-10-17/h4-10H,2-3,11H2,1H3. The van der Waals surface area contributed by atoms with Gasteiger partial charge in [0, 0.05) is 32.3 Å². The van der Waals surface area contributed by atoms with Crippen LogP contribution in [0.5, 0.6) is 0 Å². The van der Waals surface area contributed by atoms with Gasteiger partial charge in [0.1, 0.15) is 12.1 Å². The molecule has 88 valence electrons. The molecular weight excluding hydrogens is 212 g/mol. The molecule has 0 saturated heterocycles. The molecule has 0 aliphatic heterocycles. The van der Waals surface area contributed by atoms with Gasteiger partial charge < -0.3 is 9.36 Å². The Labute approximate surface area is 101 Å². The number of hydrogen-bond acceptors (Lipinski definition) is 2. The third-order valence-corrected chi connectivity index (χ3v) is 2.86. The Hall–Kier alpha value is -1.90. The van der Waals surface area contributed by atoms with Gasteiger partial charge in [-0.15, -0.1) is 0 Å². The Bertz CT molecular complexity index is 485. The Kier molecular flexibility index (Phi) is 3.70. The summed E-state index contributed by atoms with van der Waals surface area (Å²) in [5, 5.41) is 0. The van der Waals surface area contributed by atoms with Crippen LogP contribution in [0.15, 0.2) is 36.7 Å². The highest BCUT2D eigenvalue weighted by atomic mass is 16.1. The van der Waals surface area contributed by atoms with Crippen molar-refractivity contribution in [3.05, 3.63) is 53.6 Å². The van der Waals surface area contributed by atoms with Gasteiger partial charge in [-0.1, -0.05) is 24.3 Å². The lowest BCUT2D eigenvalue weighted by molar-refractivity contribution is -0.107. The number of aryl methyl sites for hydroxylation is 2. The van der Waals surface area contributed by atoms with Crippen molar-refractivity contribution in [3.63, 3.8) is 0 Å². The number of aromatic nitrogens is 2. The van der Waals surface area contributed by atoms with Crippen molar-refractivity contribution >= 4 is 6.29 Å². The summed E-state index contributed by atoms with van der Waals surface area (Å²) in [4.78, 5) is 14.6. The van der Waals surface area contributed by atoms with Crippen molar-refractivity contribution in [2.75, 3.05) is 0 Å². The molecule has 2 rings (SSSR count). The first-order valence-corrected chi connectivity index (χ1v) is 5.77. The first-order chi connectivity index (χ1) is 8.29. The lowest BCUT2D eigenvalue weighted by Crippen LogP contribution is -1.98. The first kappa shape index (κ1) is 11.6. The van der Waals surface area contributed by atoms with E-state index in [2.05, 4.69) is 29.2 Å². The van der Waals surface area contributed by atoms with Crippen LogP contribution in [0, 0.1) is 0 Å². The van der Waals surface area contributed by atoms with Crippen molar-refractivity contribution in [1.82, 2.24) is 9.55 Å². The van der Waals surface area contributed by atoms with E-state index in [0.717, 1.165) is 25.0 Å². The van der Waals surface area contributed by atoms with Gasteiger partial charge in [0.05, 0.1) is 0 Å². The second kappa shape index (κ2) is 5.43. The van der Waals surface area contributed by atoms with E-state index < -0.39 is 0 Å². The van der Waals surface area contributed by atoms with Gasteiger partial charge in [0.25, 0.3) is 0 Å². The van der Waals surface area contributed by atoms with Gasteiger partial charge >= 0.3 is 0 Å². The summed E-state index contributed by atoms with van der Waals surface area (Å²) in [6, 6.07) is 8.38. The molecule has 0 fully saturated rings. The van der Waals surface area contributed by atoms with Gasteiger partial charge in [0.2, 0.25) is 0 Å². The first-order valence-electron chi connectivity index (χ1n) is 5.77. The number of carbonyl (C=O) groups excluding carboxylic acids is 1. The van der Waals surface area contributed by atoms with Crippen molar-refractivity contribution in [3.8, 4) is 0 Å². The van der Waals surface area contributed by atoms with Gasteiger partial charge in [-0.25, -0.2) is 4.98 Å². The molecule has 17 heavy (non-hydrogen) atoms. The topological polar surface area (TPSA) is 34.9 Å². The zero-order valence-corrected chi connectivity index (χ0v) is 9.97. The number of hydrogen-bond donors (Lipinski definition) is 0. The molecule has 0 spiro atoms. The second-order valence-electron chi connectivity index (χ2n) is 4.15. The molecule has 1 aromatic heterocycles. The van der Waals surface area contributed by atoms with E-state index in [1.54, 1.807) is 0 Å². The van der Waals surface area contributed by atoms with Crippen molar-refractivity contribution < 1.29 is 4.79 Å². The fourth-order valence-electron chi connectivity index (χ4n) is 1.80. The molecule has 2 aromatic rings. The number of imidazole rings is 1. The summed E-state index contributed by atoms with van der Waals surface area (Å²) in [5.74, 6) is 1.06. The zero-order chi connectivity index (χ0) is 12.1. The summed E-state index contributed by atoms with van der Waals surface area (Å²) in [6.45, 7) is 0. The molecule has 3 heteroatoms. The van der Waals surface area contributed by atoms with Crippen LogP contribution in [0.3, 0.4) is 0 Å². The fraction of sp³-hybridized carbons (Fsp3) is 0.286. The van der Waals surface area contributed by atoms with Gasteiger partial charge in [-0.3, -0.25) is 0 Å². The van der Waals surface area contributed by atoms with E-state index in [1.165, 1.54) is 11.1 Å². The summed E-state index contributed by atoms with van der Waals surface area (Å²) in [5.41, 5.74) is 2.45. The van der Waals surface area contributed by atoms with E-state index in [4.69, 9.17) is 0 Å². The minimum Gasteiger partial charge on any atom is -0.338 e. The summed E-state index contributed by atoms with van der Waals surface area (Å²) in [6.07, 6.45) is 6.99. The highest BCUT2D eigenvalue weighted by molar-refractivity contribution is 5.50. The van der Waals surface area contributed by atoms with Gasteiger partial charge in [0.15, 0.2) is 0 Å². The van der Waals surface area contributed by atoms with Crippen LogP contribution in [0.1, 0.15) is 23.4 Å². The van der Waals surface area contributed by atoms with Crippen LogP contribution in [-0.2, 0) is 24.7 Å². The van der Waals surface area contributed by atoms with Crippen molar-refractivity contribution in [2.24, 2.45) is 7.05 Å². The second-order valence-corrected chi connectivity index (χ2v) is 4.15. The molecule has 0 atom stereocenters. The highest BCUT2D eigenvalue weighted by Crippen LogP contribution is 2.10. The smallest absolute Gasteiger partial charge is 0.120 e. The third kappa shape index (κ3) is 3.03. The van der Waals surface area contributed by atoms with E-state index >= 15 is 0 Å². The fourth-order valence-corrected chi connectivity index (χ4v) is 1.80. The van der Waals surface area contributed by atoms with E-state index in [-0.39, 0.29) is 0 Å². The maximum Gasteiger partial charge on any atom is 0.120 e. The van der Waals surface area contributed by atoms with Crippen LogP contribution in [0.2, 0.25) is 0 Å². The van der Waals surface area contributed by atoms with Crippen LogP contribution in [0.4, 0.5) is 0 Å². The molecule has 0 N–H and O–H groups in total. The quantitative estimate of drug-likeness (QED) is 0.735. The minimum absolute atomic E-state index is 0.596. The largest absolute Gasteiger partial charge is 0.338 e. The molecule has 1 aromatic carbocycles. The molecule has 3 nitrogen and oxygen atoms in total. The summed E-state index contributed by atoms with van der Waals surface area (Å²) >= 11 is 0. The number of benzene rings is 1.